The van der Waals surface area contributed by atoms with Gasteiger partial charge in [-0.2, -0.15) is 0 Å². The number of nitrogens with zero attached hydrogens (tertiary/aromatic N) is 2. The van der Waals surface area contributed by atoms with Gasteiger partial charge < -0.3 is 9.80 Å². The van der Waals surface area contributed by atoms with Crippen LogP contribution in [0, 0.1) is 12.3 Å². The van der Waals surface area contributed by atoms with Gasteiger partial charge in [-0.3, -0.25) is 9.59 Å². The fourth-order valence-corrected chi connectivity index (χ4v) is 2.98. The number of benzene rings is 1. The Labute approximate surface area is 133 Å². The molecule has 2 amide bonds. The fraction of sp³-hybridized carbons (Fsp3) is 0.556. The van der Waals surface area contributed by atoms with Crippen LogP contribution in [0.4, 0.5) is 5.69 Å². The molecule has 2 rings (SSSR count). The Bertz CT molecular complexity index is 560. The highest BCUT2D eigenvalue weighted by atomic mass is 16.2. The van der Waals surface area contributed by atoms with Gasteiger partial charge in [-0.15, -0.1) is 0 Å². The van der Waals surface area contributed by atoms with Crippen LogP contribution in [0.5, 0.6) is 0 Å². The predicted molar refractivity (Wildman–Crippen MR) is 88.8 cm³/mol. The minimum absolute atomic E-state index is 0.0545. The highest BCUT2D eigenvalue weighted by Gasteiger charge is 2.42. The van der Waals surface area contributed by atoms with E-state index in [0.29, 0.717) is 6.54 Å². The van der Waals surface area contributed by atoms with Crippen LogP contribution in [0.15, 0.2) is 24.3 Å². The Balaban J connectivity index is 2.24. The zero-order valence-electron chi connectivity index (χ0n) is 14.1. The van der Waals surface area contributed by atoms with Gasteiger partial charge in [0.05, 0.1) is 0 Å². The maximum atomic E-state index is 13.0. The summed E-state index contributed by atoms with van der Waals surface area (Å²) in [7, 11) is 0. The molecule has 0 atom stereocenters. The van der Waals surface area contributed by atoms with E-state index < -0.39 is 5.41 Å². The van der Waals surface area contributed by atoms with E-state index in [4.69, 9.17) is 0 Å². The third kappa shape index (κ3) is 3.16. The molecule has 1 aromatic carbocycles. The normalized spacial score (nSPS) is 15.0. The summed E-state index contributed by atoms with van der Waals surface area (Å²) in [6, 6.07) is 7.85. The Morgan fingerprint density at radius 3 is 2.41 bits per heavy atom. The summed E-state index contributed by atoms with van der Waals surface area (Å²) in [5.41, 5.74) is 0.937. The molecule has 4 nitrogen and oxygen atoms in total. The molecule has 0 unspecified atom stereocenters. The molecule has 0 saturated carbocycles. The first kappa shape index (κ1) is 16.5. The maximum Gasteiger partial charge on any atom is 0.242 e. The van der Waals surface area contributed by atoms with Crippen LogP contribution in [0.3, 0.4) is 0 Å². The topological polar surface area (TPSA) is 40.6 Å². The first-order valence-corrected chi connectivity index (χ1v) is 8.06. The van der Waals surface area contributed by atoms with Gasteiger partial charge in [0.2, 0.25) is 11.8 Å². The predicted octanol–water partition coefficient (Wildman–Crippen LogP) is 3.00. The zero-order valence-corrected chi connectivity index (χ0v) is 14.1. The van der Waals surface area contributed by atoms with E-state index >= 15 is 0 Å². The molecule has 1 aromatic rings. The molecule has 1 aliphatic heterocycles. The monoisotopic (exact) mass is 302 g/mol. The van der Waals surface area contributed by atoms with Crippen molar-refractivity contribution in [1.29, 1.82) is 0 Å². The van der Waals surface area contributed by atoms with Crippen molar-refractivity contribution >= 4 is 17.5 Å². The lowest BCUT2D eigenvalue weighted by Crippen LogP contribution is -2.50. The summed E-state index contributed by atoms with van der Waals surface area (Å²) in [5.74, 6) is -0.182. The van der Waals surface area contributed by atoms with E-state index in [1.807, 2.05) is 43.0 Å². The van der Waals surface area contributed by atoms with Crippen molar-refractivity contribution in [3.63, 3.8) is 0 Å². The average molecular weight is 302 g/mol. The van der Waals surface area contributed by atoms with E-state index in [2.05, 4.69) is 0 Å². The lowest BCUT2D eigenvalue weighted by Gasteiger charge is -2.33. The first-order chi connectivity index (χ1) is 10.4. The van der Waals surface area contributed by atoms with Crippen LogP contribution in [0.1, 0.15) is 39.2 Å². The van der Waals surface area contributed by atoms with Gasteiger partial charge in [0.1, 0.15) is 5.41 Å². The minimum Gasteiger partial charge on any atom is -0.342 e. The van der Waals surface area contributed by atoms with Crippen molar-refractivity contribution < 1.29 is 9.59 Å². The van der Waals surface area contributed by atoms with E-state index in [9.17, 15) is 9.59 Å². The van der Waals surface area contributed by atoms with Gasteiger partial charge in [-0.05, 0) is 58.2 Å². The van der Waals surface area contributed by atoms with Crippen LogP contribution < -0.4 is 4.90 Å². The number of hydrogen-bond donors (Lipinski definition) is 0. The number of amides is 2. The largest absolute Gasteiger partial charge is 0.342 e. The summed E-state index contributed by atoms with van der Waals surface area (Å²) in [6.45, 7) is 9.53. The Morgan fingerprint density at radius 2 is 1.86 bits per heavy atom. The van der Waals surface area contributed by atoms with Crippen LogP contribution >= 0.6 is 0 Å². The zero-order chi connectivity index (χ0) is 16.3. The summed E-state index contributed by atoms with van der Waals surface area (Å²) in [5, 5.41) is 0. The summed E-state index contributed by atoms with van der Waals surface area (Å²) in [6.07, 6.45) is 2.07. The van der Waals surface area contributed by atoms with Gasteiger partial charge in [0.15, 0.2) is 0 Å². The first-order valence-electron chi connectivity index (χ1n) is 8.06. The van der Waals surface area contributed by atoms with E-state index in [-0.39, 0.29) is 11.8 Å². The van der Waals surface area contributed by atoms with Crippen LogP contribution in [0.2, 0.25) is 0 Å². The van der Waals surface area contributed by atoms with Gasteiger partial charge in [-0.25, -0.2) is 0 Å². The fourth-order valence-electron chi connectivity index (χ4n) is 2.98. The summed E-state index contributed by atoms with van der Waals surface area (Å²) in [4.78, 5) is 29.2. The van der Waals surface area contributed by atoms with E-state index in [1.54, 1.807) is 18.7 Å². The molecule has 1 saturated heterocycles. The number of hydrogen-bond acceptors (Lipinski definition) is 2. The van der Waals surface area contributed by atoms with E-state index in [1.165, 1.54) is 0 Å². The average Bonchev–Trinajstić information content (AvgIpc) is 3.01. The van der Waals surface area contributed by atoms with Gasteiger partial charge in [0, 0.05) is 25.3 Å². The molecule has 1 aliphatic rings. The van der Waals surface area contributed by atoms with Gasteiger partial charge in [-0.1, -0.05) is 12.1 Å². The smallest absolute Gasteiger partial charge is 0.242 e. The molecular formula is C18H26N2O2. The van der Waals surface area contributed by atoms with Crippen LogP contribution in [-0.2, 0) is 9.59 Å². The maximum absolute atomic E-state index is 13.0. The van der Waals surface area contributed by atoms with Gasteiger partial charge >= 0.3 is 0 Å². The molecule has 0 bridgehead atoms. The molecule has 1 heterocycles. The second kappa shape index (κ2) is 6.51. The van der Waals surface area contributed by atoms with Crippen molar-refractivity contribution in [2.45, 2.75) is 40.5 Å². The number of carbonyl (C=O) groups is 2. The van der Waals surface area contributed by atoms with Crippen LogP contribution in [-0.4, -0.2) is 36.3 Å². The molecule has 0 aliphatic carbocycles. The Kier molecular flexibility index (Phi) is 4.89. The third-order valence-corrected chi connectivity index (χ3v) is 4.34. The highest BCUT2D eigenvalue weighted by Crippen LogP contribution is 2.28. The lowest BCUT2D eigenvalue weighted by molar-refractivity contribution is -0.146. The number of rotatable bonds is 4. The molecule has 22 heavy (non-hydrogen) atoms. The highest BCUT2D eigenvalue weighted by molar-refractivity contribution is 6.11. The molecule has 120 valence electrons. The van der Waals surface area contributed by atoms with Crippen molar-refractivity contribution in [3.8, 4) is 0 Å². The van der Waals surface area contributed by atoms with E-state index in [0.717, 1.165) is 37.2 Å². The summed E-state index contributed by atoms with van der Waals surface area (Å²) < 4.78 is 0. The third-order valence-electron chi connectivity index (χ3n) is 4.34. The molecular weight excluding hydrogens is 276 g/mol. The minimum atomic E-state index is -1.02. The Hall–Kier alpha value is -1.84. The SMILES string of the molecule is CCN(C(=O)C(C)(C)C(=O)N1CCCC1)c1cccc(C)c1. The number of carbonyl (C=O) groups excluding carboxylic acids is 2. The van der Waals surface area contributed by atoms with Crippen LogP contribution in [0.25, 0.3) is 0 Å². The molecule has 4 heteroatoms. The number of likely N-dealkylation sites (tertiary alicyclic amines) is 1. The standard InChI is InChI=1S/C18H26N2O2/c1-5-20(15-10-8-9-14(2)13-15)17(22)18(3,4)16(21)19-11-6-7-12-19/h8-10,13H,5-7,11-12H2,1-4H3. The lowest BCUT2D eigenvalue weighted by atomic mass is 9.89. The number of anilines is 1. The Morgan fingerprint density at radius 1 is 1.23 bits per heavy atom. The van der Waals surface area contributed by atoms with Crippen molar-refractivity contribution in [3.05, 3.63) is 29.8 Å². The van der Waals surface area contributed by atoms with Crippen molar-refractivity contribution in [2.24, 2.45) is 5.41 Å². The van der Waals surface area contributed by atoms with Crippen molar-refractivity contribution in [1.82, 2.24) is 4.90 Å². The second-order valence-electron chi connectivity index (χ2n) is 6.51. The van der Waals surface area contributed by atoms with Crippen molar-refractivity contribution in [2.75, 3.05) is 24.5 Å². The quantitative estimate of drug-likeness (QED) is 0.802. The summed E-state index contributed by atoms with van der Waals surface area (Å²) >= 11 is 0. The number of aryl methyl sites for hydroxylation is 1. The molecule has 0 spiro atoms. The molecule has 1 fully saturated rings. The molecule has 0 aromatic heterocycles. The van der Waals surface area contributed by atoms with Gasteiger partial charge in [0.25, 0.3) is 0 Å². The molecule has 0 radical (unpaired) electrons. The second-order valence-corrected chi connectivity index (χ2v) is 6.51. The molecule has 0 N–H and O–H groups in total.